The second-order valence-corrected chi connectivity index (χ2v) is 3.55. The van der Waals surface area contributed by atoms with Crippen molar-refractivity contribution in [3.63, 3.8) is 0 Å². The molecule has 0 aromatic heterocycles. The van der Waals surface area contributed by atoms with Gasteiger partial charge < -0.3 is 24.6 Å². The molecule has 15 heavy (non-hydrogen) atoms. The highest BCUT2D eigenvalue weighted by atomic mass is 16.6. The molecule has 1 fully saturated rings. The Kier molecular flexibility index (Phi) is 2.79. The Bertz CT molecular complexity index is 280. The van der Waals surface area contributed by atoms with Crippen LogP contribution in [0.25, 0.3) is 0 Å². The van der Waals surface area contributed by atoms with E-state index in [0.29, 0.717) is 13.2 Å². The number of rotatable bonds is 1. The number of ether oxygens (including phenoxy) is 2. The van der Waals surface area contributed by atoms with Crippen molar-refractivity contribution in [3.8, 4) is 0 Å². The summed E-state index contributed by atoms with van der Waals surface area (Å²) in [6.45, 7) is 1.03. The van der Waals surface area contributed by atoms with Gasteiger partial charge in [-0.1, -0.05) is 0 Å². The Hall–Kier alpha value is -1.27. The van der Waals surface area contributed by atoms with E-state index < -0.39 is 12.2 Å². The minimum Gasteiger partial charge on any atom is -0.494 e. The molecule has 2 atom stereocenters. The van der Waals surface area contributed by atoms with E-state index in [0.717, 1.165) is 0 Å². The van der Waals surface area contributed by atoms with Crippen LogP contribution >= 0.6 is 0 Å². The van der Waals surface area contributed by atoms with E-state index in [9.17, 15) is 15.0 Å². The Morgan fingerprint density at radius 2 is 2.00 bits per heavy atom. The fourth-order valence-corrected chi connectivity index (χ4v) is 1.57. The molecule has 6 nitrogen and oxygen atoms in total. The summed E-state index contributed by atoms with van der Waals surface area (Å²) in [6, 6.07) is 0. The van der Waals surface area contributed by atoms with Gasteiger partial charge in [0.15, 0.2) is 0 Å². The van der Waals surface area contributed by atoms with Crippen LogP contribution in [0, 0.1) is 0 Å². The van der Waals surface area contributed by atoms with Crippen LogP contribution in [0.2, 0.25) is 0 Å². The minimum atomic E-state index is -0.876. The van der Waals surface area contributed by atoms with Crippen LogP contribution in [-0.4, -0.2) is 59.5 Å². The van der Waals surface area contributed by atoms with E-state index in [1.165, 1.54) is 11.2 Å². The summed E-state index contributed by atoms with van der Waals surface area (Å²) in [5, 5.41) is 18.6. The number of β-amino-alcohol motifs (C(OH)–C–C–N with tert-alkyl or cyclic N) is 2. The van der Waals surface area contributed by atoms with E-state index in [-0.39, 0.29) is 24.8 Å². The molecule has 2 aliphatic heterocycles. The van der Waals surface area contributed by atoms with E-state index in [1.54, 1.807) is 0 Å². The summed E-state index contributed by atoms with van der Waals surface area (Å²) in [7, 11) is 0. The van der Waals surface area contributed by atoms with Crippen LogP contribution in [0.1, 0.15) is 0 Å². The SMILES string of the molecule is O=C(C1=COCCO1)N1CC(O)C(O)C1. The number of hydrogen-bond acceptors (Lipinski definition) is 5. The lowest BCUT2D eigenvalue weighted by molar-refractivity contribution is -0.131. The fourth-order valence-electron chi connectivity index (χ4n) is 1.57. The van der Waals surface area contributed by atoms with Gasteiger partial charge in [-0.3, -0.25) is 4.79 Å². The third kappa shape index (κ3) is 2.05. The highest BCUT2D eigenvalue weighted by Gasteiger charge is 2.34. The Morgan fingerprint density at radius 1 is 1.33 bits per heavy atom. The zero-order chi connectivity index (χ0) is 10.8. The maximum atomic E-state index is 11.7. The molecule has 6 heteroatoms. The lowest BCUT2D eigenvalue weighted by Crippen LogP contribution is -2.33. The number of likely N-dealkylation sites (tertiary alicyclic amines) is 1. The summed E-state index contributed by atoms with van der Waals surface area (Å²) in [6.07, 6.45) is -0.485. The summed E-state index contributed by atoms with van der Waals surface area (Å²) < 4.78 is 10.1. The average molecular weight is 215 g/mol. The summed E-state index contributed by atoms with van der Waals surface area (Å²) in [4.78, 5) is 13.1. The minimum absolute atomic E-state index is 0.126. The second kappa shape index (κ2) is 4.08. The molecule has 0 saturated carbocycles. The van der Waals surface area contributed by atoms with Gasteiger partial charge >= 0.3 is 0 Å². The maximum Gasteiger partial charge on any atom is 0.292 e. The molecule has 2 N–H and O–H groups in total. The molecule has 1 saturated heterocycles. The molecule has 1 amide bonds. The van der Waals surface area contributed by atoms with Gasteiger partial charge in [0.2, 0.25) is 5.76 Å². The molecule has 2 unspecified atom stereocenters. The number of hydrogen-bond donors (Lipinski definition) is 2. The van der Waals surface area contributed by atoms with E-state index in [4.69, 9.17) is 9.47 Å². The predicted molar refractivity (Wildman–Crippen MR) is 48.6 cm³/mol. The van der Waals surface area contributed by atoms with Gasteiger partial charge in [0, 0.05) is 13.1 Å². The molecular formula is C9H13NO5. The van der Waals surface area contributed by atoms with Gasteiger partial charge in [-0.05, 0) is 0 Å². The van der Waals surface area contributed by atoms with Crippen molar-refractivity contribution in [2.45, 2.75) is 12.2 Å². The van der Waals surface area contributed by atoms with Gasteiger partial charge in [-0.2, -0.15) is 0 Å². The first kappa shape index (κ1) is 10.3. The Morgan fingerprint density at radius 3 is 2.53 bits per heavy atom. The number of aliphatic hydroxyl groups excluding tert-OH is 2. The highest BCUT2D eigenvalue weighted by Crippen LogP contribution is 2.15. The molecule has 0 radical (unpaired) electrons. The van der Waals surface area contributed by atoms with Crippen molar-refractivity contribution in [2.75, 3.05) is 26.3 Å². The number of carbonyl (C=O) groups excluding carboxylic acids is 1. The number of amides is 1. The zero-order valence-electron chi connectivity index (χ0n) is 8.13. The number of aliphatic hydroxyl groups is 2. The molecular weight excluding hydrogens is 202 g/mol. The summed E-state index contributed by atoms with van der Waals surface area (Å²) >= 11 is 0. The highest BCUT2D eigenvalue weighted by molar-refractivity contribution is 5.91. The van der Waals surface area contributed by atoms with Crippen molar-refractivity contribution in [3.05, 3.63) is 12.0 Å². The van der Waals surface area contributed by atoms with Crippen LogP contribution in [-0.2, 0) is 14.3 Å². The monoisotopic (exact) mass is 215 g/mol. The molecule has 2 rings (SSSR count). The van der Waals surface area contributed by atoms with Crippen molar-refractivity contribution in [1.82, 2.24) is 4.90 Å². The topological polar surface area (TPSA) is 79.2 Å². The van der Waals surface area contributed by atoms with E-state index >= 15 is 0 Å². The first-order chi connectivity index (χ1) is 7.18. The molecule has 0 spiro atoms. The normalized spacial score (nSPS) is 30.5. The first-order valence-electron chi connectivity index (χ1n) is 4.78. The maximum absolute atomic E-state index is 11.7. The predicted octanol–water partition coefficient (Wildman–Crippen LogP) is -1.56. The third-order valence-electron chi connectivity index (χ3n) is 2.41. The van der Waals surface area contributed by atoms with E-state index in [2.05, 4.69) is 0 Å². The zero-order valence-corrected chi connectivity index (χ0v) is 8.13. The first-order valence-corrected chi connectivity index (χ1v) is 4.78. The third-order valence-corrected chi connectivity index (χ3v) is 2.41. The van der Waals surface area contributed by atoms with Crippen LogP contribution < -0.4 is 0 Å². The smallest absolute Gasteiger partial charge is 0.292 e. The van der Waals surface area contributed by atoms with Crippen LogP contribution in [0.5, 0.6) is 0 Å². The van der Waals surface area contributed by atoms with Crippen molar-refractivity contribution >= 4 is 5.91 Å². The molecule has 0 aromatic carbocycles. The van der Waals surface area contributed by atoms with Crippen LogP contribution in [0.4, 0.5) is 0 Å². The number of carbonyl (C=O) groups is 1. The van der Waals surface area contributed by atoms with Crippen LogP contribution in [0.3, 0.4) is 0 Å². The quantitative estimate of drug-likeness (QED) is 0.553. The second-order valence-electron chi connectivity index (χ2n) is 3.55. The van der Waals surface area contributed by atoms with Gasteiger partial charge in [-0.15, -0.1) is 0 Å². The van der Waals surface area contributed by atoms with Gasteiger partial charge in [0.05, 0.1) is 12.2 Å². The van der Waals surface area contributed by atoms with Crippen molar-refractivity contribution < 1.29 is 24.5 Å². The molecule has 0 aliphatic carbocycles. The van der Waals surface area contributed by atoms with Crippen molar-refractivity contribution in [2.24, 2.45) is 0 Å². The Labute approximate surface area is 86.7 Å². The molecule has 84 valence electrons. The largest absolute Gasteiger partial charge is 0.494 e. The van der Waals surface area contributed by atoms with Crippen LogP contribution in [0.15, 0.2) is 12.0 Å². The lowest BCUT2D eigenvalue weighted by atomic mass is 10.3. The summed E-state index contributed by atoms with van der Waals surface area (Å²) in [5.41, 5.74) is 0. The standard InChI is InChI=1S/C9H13NO5/c11-6-3-10(4-7(6)12)9(13)8-5-14-1-2-15-8/h5-7,11-12H,1-4H2. The lowest BCUT2D eigenvalue weighted by Gasteiger charge is -2.20. The molecule has 0 bridgehead atoms. The van der Waals surface area contributed by atoms with Gasteiger partial charge in [-0.25, -0.2) is 0 Å². The molecule has 2 heterocycles. The average Bonchev–Trinajstić information content (AvgIpc) is 2.59. The van der Waals surface area contributed by atoms with Gasteiger partial charge in [0.25, 0.3) is 5.91 Å². The fraction of sp³-hybridized carbons (Fsp3) is 0.667. The summed E-state index contributed by atoms with van der Waals surface area (Å²) in [5.74, 6) is -0.229. The van der Waals surface area contributed by atoms with Gasteiger partial charge in [0.1, 0.15) is 19.5 Å². The number of nitrogens with zero attached hydrogens (tertiary/aromatic N) is 1. The van der Waals surface area contributed by atoms with E-state index in [1.807, 2.05) is 0 Å². The van der Waals surface area contributed by atoms with Crippen molar-refractivity contribution in [1.29, 1.82) is 0 Å². The Balaban J connectivity index is 1.99. The molecule has 2 aliphatic rings. The molecule has 0 aromatic rings.